The summed E-state index contributed by atoms with van der Waals surface area (Å²) in [5.41, 5.74) is 11.4. The molecule has 0 fully saturated rings. The second kappa shape index (κ2) is 19.2. The molecule has 4 heteroatoms. The Hall–Kier alpha value is -0.160. The molecule has 0 saturated heterocycles. The van der Waals surface area contributed by atoms with Gasteiger partial charge in [0.1, 0.15) is 0 Å². The van der Waals surface area contributed by atoms with Crippen molar-refractivity contribution >= 4 is 0 Å². The van der Waals surface area contributed by atoms with Crippen molar-refractivity contribution in [2.24, 2.45) is 23.3 Å². The monoisotopic (exact) mass is 344 g/mol. The Morgan fingerprint density at radius 3 is 1.25 bits per heavy atom. The van der Waals surface area contributed by atoms with Crippen molar-refractivity contribution in [3.05, 3.63) is 0 Å². The third-order valence-corrected chi connectivity index (χ3v) is 5.04. The zero-order valence-corrected chi connectivity index (χ0v) is 16.4. The highest BCUT2D eigenvalue weighted by molar-refractivity contribution is 4.67. The molecule has 2 unspecified atom stereocenters. The fourth-order valence-electron chi connectivity index (χ4n) is 3.51. The van der Waals surface area contributed by atoms with Crippen LogP contribution in [-0.4, -0.2) is 40.5 Å². The summed E-state index contributed by atoms with van der Waals surface area (Å²) in [4.78, 5) is 0. The molecule has 146 valence electrons. The lowest BCUT2D eigenvalue weighted by atomic mass is 9.85. The zero-order chi connectivity index (χ0) is 17.9. The van der Waals surface area contributed by atoms with Crippen molar-refractivity contribution in [1.29, 1.82) is 0 Å². The van der Waals surface area contributed by atoms with Gasteiger partial charge in [0.15, 0.2) is 0 Å². The Bertz CT molecular complexity index is 216. The van der Waals surface area contributed by atoms with Crippen molar-refractivity contribution in [1.82, 2.24) is 0 Å². The molecule has 0 aliphatic rings. The van der Waals surface area contributed by atoms with Crippen LogP contribution in [0.4, 0.5) is 0 Å². The summed E-state index contributed by atoms with van der Waals surface area (Å²) >= 11 is 0. The Balaban J connectivity index is 4.15. The number of ether oxygens (including phenoxy) is 2. The molecule has 0 aromatic rings. The van der Waals surface area contributed by atoms with Crippen LogP contribution >= 0.6 is 0 Å². The van der Waals surface area contributed by atoms with Crippen LogP contribution in [0.25, 0.3) is 0 Å². The van der Waals surface area contributed by atoms with E-state index in [1.807, 2.05) is 0 Å². The van der Waals surface area contributed by atoms with Crippen LogP contribution < -0.4 is 11.5 Å². The van der Waals surface area contributed by atoms with Crippen LogP contribution in [0.2, 0.25) is 0 Å². The molecule has 0 saturated carbocycles. The van der Waals surface area contributed by atoms with Gasteiger partial charge < -0.3 is 20.9 Å². The predicted octanol–water partition coefficient (Wildman–Crippen LogP) is 4.11. The second-order valence-electron chi connectivity index (χ2n) is 7.15. The van der Waals surface area contributed by atoms with Crippen LogP contribution in [0, 0.1) is 11.8 Å². The van der Waals surface area contributed by atoms with E-state index in [-0.39, 0.29) is 0 Å². The molecule has 0 spiro atoms. The van der Waals surface area contributed by atoms with Gasteiger partial charge in [0, 0.05) is 27.4 Å². The van der Waals surface area contributed by atoms with Gasteiger partial charge in [-0.25, -0.2) is 0 Å². The summed E-state index contributed by atoms with van der Waals surface area (Å²) < 4.78 is 10.3. The van der Waals surface area contributed by atoms with E-state index in [0.29, 0.717) is 0 Å². The molecule has 0 bridgehead atoms. The Labute approximate surface area is 151 Å². The quantitative estimate of drug-likeness (QED) is 0.346. The summed E-state index contributed by atoms with van der Waals surface area (Å²) in [7, 11) is 3.58. The molecule has 0 amide bonds. The highest BCUT2D eigenvalue weighted by atomic mass is 16.5. The average molecular weight is 345 g/mol. The SMILES string of the molecule is COCCCCC(CCCN)CCC(CCCN)CCCCOC. The lowest BCUT2D eigenvalue weighted by Crippen LogP contribution is -2.11. The highest BCUT2D eigenvalue weighted by Gasteiger charge is 2.13. The molecule has 24 heavy (non-hydrogen) atoms. The largest absolute Gasteiger partial charge is 0.385 e. The van der Waals surface area contributed by atoms with Crippen molar-refractivity contribution in [2.75, 3.05) is 40.5 Å². The second-order valence-corrected chi connectivity index (χ2v) is 7.15. The molecule has 0 heterocycles. The van der Waals surface area contributed by atoms with Crippen LogP contribution in [0.1, 0.15) is 77.0 Å². The molecule has 0 aromatic heterocycles. The maximum Gasteiger partial charge on any atom is 0.0462 e. The molecule has 0 rings (SSSR count). The van der Waals surface area contributed by atoms with Crippen LogP contribution in [0.3, 0.4) is 0 Å². The van der Waals surface area contributed by atoms with Crippen LogP contribution in [-0.2, 0) is 9.47 Å². The van der Waals surface area contributed by atoms with Gasteiger partial charge in [-0.05, 0) is 63.5 Å². The molecule has 2 atom stereocenters. The van der Waals surface area contributed by atoms with Crippen molar-refractivity contribution in [3.63, 3.8) is 0 Å². The predicted molar refractivity (Wildman–Crippen MR) is 104 cm³/mol. The fourth-order valence-corrected chi connectivity index (χ4v) is 3.51. The Kier molecular flexibility index (Phi) is 19.0. The lowest BCUT2D eigenvalue weighted by Gasteiger charge is -2.21. The van der Waals surface area contributed by atoms with Gasteiger partial charge in [-0.15, -0.1) is 0 Å². The first kappa shape index (κ1) is 23.8. The van der Waals surface area contributed by atoms with Crippen molar-refractivity contribution in [3.8, 4) is 0 Å². The van der Waals surface area contributed by atoms with E-state index >= 15 is 0 Å². The number of hydrogen-bond donors (Lipinski definition) is 2. The van der Waals surface area contributed by atoms with Gasteiger partial charge in [0.25, 0.3) is 0 Å². The van der Waals surface area contributed by atoms with E-state index in [1.54, 1.807) is 14.2 Å². The first-order chi connectivity index (χ1) is 11.8. The van der Waals surface area contributed by atoms with E-state index in [4.69, 9.17) is 20.9 Å². The first-order valence-electron chi connectivity index (χ1n) is 10.2. The van der Waals surface area contributed by atoms with Crippen LogP contribution in [0.5, 0.6) is 0 Å². The third kappa shape index (κ3) is 15.4. The van der Waals surface area contributed by atoms with Gasteiger partial charge in [0.2, 0.25) is 0 Å². The van der Waals surface area contributed by atoms with Gasteiger partial charge in [-0.2, -0.15) is 0 Å². The summed E-state index contributed by atoms with van der Waals surface area (Å²) in [6.07, 6.45) is 15.2. The van der Waals surface area contributed by atoms with Gasteiger partial charge in [-0.1, -0.05) is 38.5 Å². The molecular weight excluding hydrogens is 300 g/mol. The number of nitrogens with two attached hydrogens (primary N) is 2. The van der Waals surface area contributed by atoms with Gasteiger partial charge in [-0.3, -0.25) is 0 Å². The summed E-state index contributed by atoms with van der Waals surface area (Å²) in [6.45, 7) is 3.43. The van der Waals surface area contributed by atoms with Crippen molar-refractivity contribution < 1.29 is 9.47 Å². The molecule has 0 aliphatic carbocycles. The average Bonchev–Trinajstić information content (AvgIpc) is 2.60. The maximum atomic E-state index is 5.72. The summed E-state index contributed by atoms with van der Waals surface area (Å²) in [6, 6.07) is 0. The number of hydrogen-bond acceptors (Lipinski definition) is 4. The van der Waals surface area contributed by atoms with E-state index in [1.165, 1.54) is 64.2 Å². The molecular formula is C20H44N2O2. The lowest BCUT2D eigenvalue weighted by molar-refractivity contribution is 0.186. The molecule has 4 N–H and O–H groups in total. The van der Waals surface area contributed by atoms with E-state index in [2.05, 4.69) is 0 Å². The third-order valence-electron chi connectivity index (χ3n) is 5.04. The van der Waals surface area contributed by atoms with Crippen LogP contribution in [0.15, 0.2) is 0 Å². The minimum absolute atomic E-state index is 0.822. The van der Waals surface area contributed by atoms with Gasteiger partial charge >= 0.3 is 0 Å². The fraction of sp³-hybridized carbons (Fsp3) is 1.00. The smallest absolute Gasteiger partial charge is 0.0462 e. The Morgan fingerprint density at radius 2 is 0.917 bits per heavy atom. The van der Waals surface area contributed by atoms with E-state index in [9.17, 15) is 0 Å². The topological polar surface area (TPSA) is 70.5 Å². The van der Waals surface area contributed by atoms with E-state index < -0.39 is 0 Å². The molecule has 0 radical (unpaired) electrons. The molecule has 0 aliphatic heterocycles. The highest BCUT2D eigenvalue weighted by Crippen LogP contribution is 2.27. The minimum atomic E-state index is 0.822. The number of methoxy groups -OCH3 is 2. The minimum Gasteiger partial charge on any atom is -0.385 e. The first-order valence-corrected chi connectivity index (χ1v) is 10.2. The summed E-state index contributed by atoms with van der Waals surface area (Å²) in [5.74, 6) is 1.68. The van der Waals surface area contributed by atoms with Gasteiger partial charge in [0.05, 0.1) is 0 Å². The number of rotatable bonds is 19. The summed E-state index contributed by atoms with van der Waals surface area (Å²) in [5, 5.41) is 0. The molecule has 0 aromatic carbocycles. The maximum absolute atomic E-state index is 5.72. The molecule has 4 nitrogen and oxygen atoms in total. The normalized spacial score (nSPS) is 14.0. The number of unbranched alkanes of at least 4 members (excludes halogenated alkanes) is 2. The zero-order valence-electron chi connectivity index (χ0n) is 16.4. The van der Waals surface area contributed by atoms with Crippen molar-refractivity contribution in [2.45, 2.75) is 77.0 Å². The Morgan fingerprint density at radius 1 is 0.542 bits per heavy atom. The standard InChI is InChI=1S/C20H44N2O2/c1-23-17-5-3-9-19(11-7-15-21)13-14-20(12-8-16-22)10-4-6-18-24-2/h19-20H,3-18,21-22H2,1-2H3. The van der Waals surface area contributed by atoms with E-state index in [0.717, 1.165) is 51.0 Å².